The zero-order chi connectivity index (χ0) is 15.5. The first-order chi connectivity index (χ1) is 10.7. The van der Waals surface area contributed by atoms with Crippen molar-refractivity contribution >= 4 is 12.4 Å². The number of rotatable bonds is 4. The van der Waals surface area contributed by atoms with E-state index >= 15 is 0 Å². The molecule has 0 saturated carbocycles. The monoisotopic (exact) mass is 296 g/mol. The average molecular weight is 296 g/mol. The Kier molecular flexibility index (Phi) is 4.16. The van der Waals surface area contributed by atoms with Gasteiger partial charge in [-0.05, 0) is 17.7 Å². The SMILES string of the molecule is CC1C=Cc2c(F)ccc(C=O)c2C1OCc1ccccc1. The van der Waals surface area contributed by atoms with Crippen molar-refractivity contribution in [2.24, 2.45) is 5.92 Å². The van der Waals surface area contributed by atoms with Crippen LogP contribution in [0, 0.1) is 11.7 Å². The van der Waals surface area contributed by atoms with Crippen LogP contribution < -0.4 is 0 Å². The van der Waals surface area contributed by atoms with Gasteiger partial charge in [0.2, 0.25) is 0 Å². The van der Waals surface area contributed by atoms with Gasteiger partial charge in [0.25, 0.3) is 0 Å². The molecule has 112 valence electrons. The highest BCUT2D eigenvalue weighted by atomic mass is 19.1. The third-order valence-electron chi connectivity index (χ3n) is 4.00. The van der Waals surface area contributed by atoms with Crippen molar-refractivity contribution in [2.45, 2.75) is 19.6 Å². The normalized spacial score (nSPS) is 19.7. The van der Waals surface area contributed by atoms with E-state index in [0.717, 1.165) is 11.8 Å². The molecule has 22 heavy (non-hydrogen) atoms. The second-order valence-electron chi connectivity index (χ2n) is 5.52. The molecule has 0 heterocycles. The molecule has 3 rings (SSSR count). The highest BCUT2D eigenvalue weighted by molar-refractivity contribution is 5.81. The number of carbonyl (C=O) groups is 1. The van der Waals surface area contributed by atoms with Gasteiger partial charge in [0.15, 0.2) is 0 Å². The molecule has 2 aromatic carbocycles. The van der Waals surface area contributed by atoms with E-state index < -0.39 is 0 Å². The third kappa shape index (κ3) is 2.72. The third-order valence-corrected chi connectivity index (χ3v) is 4.00. The van der Waals surface area contributed by atoms with Gasteiger partial charge >= 0.3 is 0 Å². The van der Waals surface area contributed by atoms with Crippen molar-refractivity contribution in [1.82, 2.24) is 0 Å². The fourth-order valence-electron chi connectivity index (χ4n) is 2.82. The largest absolute Gasteiger partial charge is 0.368 e. The molecule has 0 N–H and O–H groups in total. The minimum atomic E-state index is -0.323. The Morgan fingerprint density at radius 3 is 2.68 bits per heavy atom. The van der Waals surface area contributed by atoms with Crippen LogP contribution in [0.3, 0.4) is 0 Å². The summed E-state index contributed by atoms with van der Waals surface area (Å²) in [5, 5.41) is 0. The van der Waals surface area contributed by atoms with Crippen molar-refractivity contribution in [1.29, 1.82) is 0 Å². The molecule has 0 amide bonds. The van der Waals surface area contributed by atoms with Crippen LogP contribution in [0.2, 0.25) is 0 Å². The van der Waals surface area contributed by atoms with E-state index in [4.69, 9.17) is 4.74 Å². The minimum Gasteiger partial charge on any atom is -0.368 e. The van der Waals surface area contributed by atoms with Gasteiger partial charge in [0, 0.05) is 22.6 Å². The lowest BCUT2D eigenvalue weighted by Gasteiger charge is -2.29. The van der Waals surface area contributed by atoms with Gasteiger partial charge in [-0.1, -0.05) is 49.4 Å². The van der Waals surface area contributed by atoms with E-state index in [9.17, 15) is 9.18 Å². The Balaban J connectivity index is 1.94. The van der Waals surface area contributed by atoms with Crippen LogP contribution in [-0.2, 0) is 11.3 Å². The fourth-order valence-corrected chi connectivity index (χ4v) is 2.82. The zero-order valence-electron chi connectivity index (χ0n) is 12.3. The maximum Gasteiger partial charge on any atom is 0.150 e. The molecule has 0 spiro atoms. The van der Waals surface area contributed by atoms with E-state index in [1.165, 1.54) is 12.1 Å². The first kappa shape index (κ1) is 14.7. The maximum absolute atomic E-state index is 14.0. The highest BCUT2D eigenvalue weighted by Crippen LogP contribution is 2.38. The smallest absolute Gasteiger partial charge is 0.150 e. The van der Waals surface area contributed by atoms with Crippen molar-refractivity contribution in [3.8, 4) is 0 Å². The molecule has 0 aliphatic heterocycles. The van der Waals surface area contributed by atoms with Gasteiger partial charge in [-0.3, -0.25) is 4.79 Å². The Morgan fingerprint density at radius 1 is 1.18 bits per heavy atom. The number of benzene rings is 2. The number of fused-ring (bicyclic) bond motifs is 1. The highest BCUT2D eigenvalue weighted by Gasteiger charge is 2.28. The van der Waals surface area contributed by atoms with Gasteiger partial charge in [-0.2, -0.15) is 0 Å². The molecule has 3 heteroatoms. The molecular formula is C19H17FO2. The quantitative estimate of drug-likeness (QED) is 0.773. The van der Waals surface area contributed by atoms with Gasteiger partial charge < -0.3 is 4.74 Å². The molecular weight excluding hydrogens is 279 g/mol. The molecule has 0 radical (unpaired) electrons. The van der Waals surface area contributed by atoms with Gasteiger partial charge in [0.05, 0.1) is 12.7 Å². The Labute approximate surface area is 129 Å². The Morgan fingerprint density at radius 2 is 1.95 bits per heavy atom. The Hall–Kier alpha value is -2.26. The van der Waals surface area contributed by atoms with E-state index in [2.05, 4.69) is 0 Å². The molecule has 1 aliphatic carbocycles. The predicted octanol–water partition coefficient (Wildman–Crippen LogP) is 4.56. The fraction of sp³-hybridized carbons (Fsp3) is 0.211. The molecule has 0 bridgehead atoms. The van der Waals surface area contributed by atoms with Crippen LogP contribution in [-0.4, -0.2) is 6.29 Å². The summed E-state index contributed by atoms with van der Waals surface area (Å²) in [6.45, 7) is 2.44. The van der Waals surface area contributed by atoms with Gasteiger partial charge in [-0.15, -0.1) is 0 Å². The molecule has 0 saturated heterocycles. The topological polar surface area (TPSA) is 26.3 Å². The number of ether oxygens (including phenoxy) is 1. The molecule has 1 aliphatic rings. The summed E-state index contributed by atoms with van der Waals surface area (Å²) < 4.78 is 20.1. The van der Waals surface area contributed by atoms with Gasteiger partial charge in [-0.25, -0.2) is 4.39 Å². The summed E-state index contributed by atoms with van der Waals surface area (Å²) >= 11 is 0. The van der Waals surface area contributed by atoms with E-state index in [-0.39, 0.29) is 17.8 Å². The lowest BCUT2D eigenvalue weighted by molar-refractivity contribution is 0.0149. The number of hydrogen-bond acceptors (Lipinski definition) is 2. The summed E-state index contributed by atoms with van der Waals surface area (Å²) in [4.78, 5) is 11.3. The summed E-state index contributed by atoms with van der Waals surface area (Å²) in [6.07, 6.45) is 4.11. The number of aldehydes is 1. The molecule has 0 fully saturated rings. The number of halogens is 1. The molecule has 0 aromatic heterocycles. The predicted molar refractivity (Wildman–Crippen MR) is 84.0 cm³/mol. The molecule has 2 unspecified atom stereocenters. The first-order valence-corrected chi connectivity index (χ1v) is 7.32. The summed E-state index contributed by atoms with van der Waals surface area (Å²) in [5.41, 5.74) is 2.65. The van der Waals surface area contributed by atoms with Crippen molar-refractivity contribution in [3.63, 3.8) is 0 Å². The van der Waals surface area contributed by atoms with Crippen LogP contribution in [0.15, 0.2) is 48.5 Å². The van der Waals surface area contributed by atoms with Crippen molar-refractivity contribution in [2.75, 3.05) is 0 Å². The summed E-state index contributed by atoms with van der Waals surface area (Å²) in [6, 6.07) is 12.7. The van der Waals surface area contributed by atoms with Crippen LogP contribution >= 0.6 is 0 Å². The maximum atomic E-state index is 14.0. The second-order valence-corrected chi connectivity index (χ2v) is 5.52. The standard InChI is InChI=1S/C19H17FO2/c1-13-7-9-16-17(20)10-8-15(11-21)18(16)19(13)22-12-14-5-3-2-4-6-14/h2-11,13,19H,12H2,1H3. The average Bonchev–Trinajstić information content (AvgIpc) is 2.55. The molecule has 2 atom stereocenters. The van der Waals surface area contributed by atoms with Gasteiger partial charge in [0.1, 0.15) is 12.1 Å². The van der Waals surface area contributed by atoms with Crippen LogP contribution in [0.25, 0.3) is 6.08 Å². The molecule has 2 nitrogen and oxygen atoms in total. The number of hydrogen-bond donors (Lipinski definition) is 0. The van der Waals surface area contributed by atoms with Crippen LogP contribution in [0.5, 0.6) is 0 Å². The second kappa shape index (κ2) is 6.24. The molecule has 2 aromatic rings. The lowest BCUT2D eigenvalue weighted by atomic mass is 9.84. The van der Waals surface area contributed by atoms with Crippen LogP contribution in [0.4, 0.5) is 4.39 Å². The van der Waals surface area contributed by atoms with E-state index in [0.29, 0.717) is 23.3 Å². The summed E-state index contributed by atoms with van der Waals surface area (Å²) in [5.74, 6) is -0.242. The Bertz CT molecular complexity index is 707. The van der Waals surface area contributed by atoms with E-state index in [1.54, 1.807) is 6.08 Å². The lowest BCUT2D eigenvalue weighted by Crippen LogP contribution is -2.19. The first-order valence-electron chi connectivity index (χ1n) is 7.32. The zero-order valence-corrected chi connectivity index (χ0v) is 12.3. The number of carbonyl (C=O) groups excluding carboxylic acids is 1. The summed E-state index contributed by atoms with van der Waals surface area (Å²) in [7, 11) is 0. The minimum absolute atomic E-state index is 0.0803. The van der Waals surface area contributed by atoms with Crippen molar-refractivity contribution < 1.29 is 13.9 Å². The van der Waals surface area contributed by atoms with E-state index in [1.807, 2.05) is 43.3 Å². The van der Waals surface area contributed by atoms with Crippen molar-refractivity contribution in [3.05, 3.63) is 76.6 Å². The van der Waals surface area contributed by atoms with Crippen LogP contribution in [0.1, 0.15) is 40.1 Å².